The zero-order chi connectivity index (χ0) is 5.70. The summed E-state index contributed by atoms with van der Waals surface area (Å²) in [6.45, 7) is 1.73. The van der Waals surface area contributed by atoms with E-state index >= 15 is 0 Å². The molecule has 0 rings (SSSR count). The van der Waals surface area contributed by atoms with E-state index in [4.69, 9.17) is 5.41 Å². The van der Waals surface area contributed by atoms with Gasteiger partial charge in [0.1, 0.15) is 0 Å². The molecular formula is C5H10N2. The molecule has 0 saturated carbocycles. The van der Waals surface area contributed by atoms with Gasteiger partial charge >= 0.3 is 0 Å². The molecular weight excluding hydrogens is 88.1 g/mol. The summed E-state index contributed by atoms with van der Waals surface area (Å²) in [6.07, 6.45) is 3.42. The van der Waals surface area contributed by atoms with E-state index in [-0.39, 0.29) is 0 Å². The molecule has 0 unspecified atom stereocenters. The Balaban J connectivity index is 3.26. The zero-order valence-corrected chi connectivity index (χ0v) is 4.65. The maximum Gasteiger partial charge on any atom is 0.0297 e. The smallest absolute Gasteiger partial charge is 0.0297 e. The van der Waals surface area contributed by atoms with Crippen LogP contribution in [0.3, 0.4) is 0 Å². The molecule has 2 nitrogen and oxygen atoms in total. The Morgan fingerprint density at radius 2 is 2.29 bits per heavy atom. The van der Waals surface area contributed by atoms with E-state index in [1.54, 1.807) is 26.2 Å². The largest absolute Gasteiger partial charge is 0.394 e. The van der Waals surface area contributed by atoms with Gasteiger partial charge in [0.2, 0.25) is 0 Å². The molecule has 0 aliphatic rings. The molecule has 0 radical (unpaired) electrons. The lowest BCUT2D eigenvalue weighted by atomic mass is 10.4. The average Bonchev–Trinajstić information content (AvgIpc) is 1.61. The Kier molecular flexibility index (Phi) is 3.02. The molecule has 0 fully saturated rings. The SMILES string of the molecule is CN/C=C/C(C)=N. The standard InChI is InChI=1S/C5H10N2/c1-5(6)3-4-7-2/h3-4,6-7H,1-2H3/b4-3+,6-5?. The molecule has 0 aromatic carbocycles. The summed E-state index contributed by atoms with van der Waals surface area (Å²) in [5.74, 6) is 0. The highest BCUT2D eigenvalue weighted by Crippen LogP contribution is 1.68. The molecule has 2 N–H and O–H groups in total. The van der Waals surface area contributed by atoms with Crippen molar-refractivity contribution >= 4 is 5.71 Å². The molecule has 0 aliphatic carbocycles. The molecule has 0 amide bonds. The normalized spacial score (nSPS) is 9.43. The van der Waals surface area contributed by atoms with Crippen LogP contribution >= 0.6 is 0 Å². The number of hydrogen-bond acceptors (Lipinski definition) is 2. The summed E-state index contributed by atoms with van der Waals surface area (Å²) in [4.78, 5) is 0. The van der Waals surface area contributed by atoms with E-state index in [0.29, 0.717) is 5.71 Å². The van der Waals surface area contributed by atoms with Crippen molar-refractivity contribution in [2.75, 3.05) is 7.05 Å². The quantitative estimate of drug-likeness (QED) is 0.491. The lowest BCUT2D eigenvalue weighted by molar-refractivity contribution is 1.10. The summed E-state index contributed by atoms with van der Waals surface area (Å²) in [5, 5.41) is 9.65. The fourth-order valence-electron chi connectivity index (χ4n) is 0.208. The molecule has 0 spiro atoms. The minimum Gasteiger partial charge on any atom is -0.394 e. The van der Waals surface area contributed by atoms with Gasteiger partial charge in [-0.2, -0.15) is 0 Å². The van der Waals surface area contributed by atoms with E-state index in [9.17, 15) is 0 Å². The van der Waals surface area contributed by atoms with Gasteiger partial charge in [0.05, 0.1) is 0 Å². The topological polar surface area (TPSA) is 35.9 Å². The van der Waals surface area contributed by atoms with E-state index in [1.807, 2.05) is 0 Å². The van der Waals surface area contributed by atoms with Gasteiger partial charge in [0.15, 0.2) is 0 Å². The fourth-order valence-corrected chi connectivity index (χ4v) is 0.208. The van der Waals surface area contributed by atoms with Crippen LogP contribution in [0.5, 0.6) is 0 Å². The Labute approximate surface area is 43.7 Å². The molecule has 40 valence electrons. The van der Waals surface area contributed by atoms with Crippen LogP contribution in [0, 0.1) is 5.41 Å². The number of allylic oxidation sites excluding steroid dienone is 1. The van der Waals surface area contributed by atoms with Crippen molar-refractivity contribution in [1.82, 2.24) is 5.32 Å². The second-order valence-corrected chi connectivity index (χ2v) is 1.31. The molecule has 0 heterocycles. The maximum absolute atomic E-state index is 6.87. The van der Waals surface area contributed by atoms with Crippen LogP contribution in [0.4, 0.5) is 0 Å². The summed E-state index contributed by atoms with van der Waals surface area (Å²) in [7, 11) is 1.80. The van der Waals surface area contributed by atoms with Crippen molar-refractivity contribution < 1.29 is 0 Å². The maximum atomic E-state index is 6.87. The Bertz CT molecular complexity index is 84.1. The first-order valence-corrected chi connectivity index (χ1v) is 2.16. The van der Waals surface area contributed by atoms with Gasteiger partial charge in [-0.1, -0.05) is 0 Å². The first kappa shape index (κ1) is 6.21. The summed E-state index contributed by atoms with van der Waals surface area (Å²) in [6, 6.07) is 0. The van der Waals surface area contributed by atoms with Crippen molar-refractivity contribution in [1.29, 1.82) is 5.41 Å². The Morgan fingerprint density at radius 1 is 1.71 bits per heavy atom. The predicted molar refractivity (Wildman–Crippen MR) is 31.6 cm³/mol. The minimum atomic E-state index is 0.564. The number of hydrogen-bond donors (Lipinski definition) is 2. The van der Waals surface area contributed by atoms with Gasteiger partial charge in [0.25, 0.3) is 0 Å². The first-order valence-electron chi connectivity index (χ1n) is 2.16. The monoisotopic (exact) mass is 98.1 g/mol. The van der Waals surface area contributed by atoms with Crippen LogP contribution in [0.25, 0.3) is 0 Å². The van der Waals surface area contributed by atoms with Crippen molar-refractivity contribution in [3.8, 4) is 0 Å². The lowest BCUT2D eigenvalue weighted by Gasteiger charge is -1.82. The Hall–Kier alpha value is -0.790. The van der Waals surface area contributed by atoms with Crippen molar-refractivity contribution in [2.45, 2.75) is 6.92 Å². The molecule has 2 heteroatoms. The van der Waals surface area contributed by atoms with Gasteiger partial charge in [-0.15, -0.1) is 0 Å². The number of nitrogens with one attached hydrogen (secondary N) is 2. The van der Waals surface area contributed by atoms with E-state index < -0.39 is 0 Å². The molecule has 0 aromatic heterocycles. The molecule has 0 aromatic rings. The third kappa shape index (κ3) is 5.21. The van der Waals surface area contributed by atoms with Crippen molar-refractivity contribution in [3.05, 3.63) is 12.3 Å². The molecule has 7 heavy (non-hydrogen) atoms. The van der Waals surface area contributed by atoms with Crippen LogP contribution < -0.4 is 5.32 Å². The fraction of sp³-hybridized carbons (Fsp3) is 0.400. The minimum absolute atomic E-state index is 0.564. The van der Waals surface area contributed by atoms with E-state index in [2.05, 4.69) is 5.32 Å². The van der Waals surface area contributed by atoms with Gasteiger partial charge in [-0.3, -0.25) is 0 Å². The molecule has 0 aliphatic heterocycles. The second kappa shape index (κ2) is 3.40. The highest BCUT2D eigenvalue weighted by atomic mass is 14.8. The second-order valence-electron chi connectivity index (χ2n) is 1.31. The molecule has 0 saturated heterocycles. The number of rotatable bonds is 2. The lowest BCUT2D eigenvalue weighted by Crippen LogP contribution is -1.92. The summed E-state index contributed by atoms with van der Waals surface area (Å²) < 4.78 is 0. The summed E-state index contributed by atoms with van der Waals surface area (Å²) >= 11 is 0. The highest BCUT2D eigenvalue weighted by Gasteiger charge is 1.69. The van der Waals surface area contributed by atoms with Crippen LogP contribution in [0.2, 0.25) is 0 Å². The highest BCUT2D eigenvalue weighted by molar-refractivity contribution is 5.89. The van der Waals surface area contributed by atoms with E-state index in [0.717, 1.165) is 0 Å². The van der Waals surface area contributed by atoms with Gasteiger partial charge in [-0.25, -0.2) is 0 Å². The van der Waals surface area contributed by atoms with Crippen LogP contribution in [0.1, 0.15) is 6.92 Å². The average molecular weight is 98.1 g/mol. The van der Waals surface area contributed by atoms with Gasteiger partial charge in [0, 0.05) is 12.8 Å². The molecule has 0 bridgehead atoms. The Morgan fingerprint density at radius 3 is 2.43 bits per heavy atom. The van der Waals surface area contributed by atoms with Gasteiger partial charge in [-0.05, 0) is 19.2 Å². The van der Waals surface area contributed by atoms with Crippen molar-refractivity contribution in [3.63, 3.8) is 0 Å². The van der Waals surface area contributed by atoms with E-state index in [1.165, 1.54) is 0 Å². The van der Waals surface area contributed by atoms with Crippen LogP contribution in [-0.2, 0) is 0 Å². The summed E-state index contributed by atoms with van der Waals surface area (Å²) in [5.41, 5.74) is 0.564. The predicted octanol–water partition coefficient (Wildman–Crippen LogP) is 0.759. The van der Waals surface area contributed by atoms with Crippen LogP contribution in [-0.4, -0.2) is 12.8 Å². The third-order valence-electron chi connectivity index (χ3n) is 0.500. The van der Waals surface area contributed by atoms with Crippen molar-refractivity contribution in [2.24, 2.45) is 0 Å². The zero-order valence-electron chi connectivity index (χ0n) is 4.65. The molecule has 0 atom stereocenters. The van der Waals surface area contributed by atoms with Gasteiger partial charge < -0.3 is 10.7 Å². The third-order valence-corrected chi connectivity index (χ3v) is 0.500. The van der Waals surface area contributed by atoms with Crippen LogP contribution in [0.15, 0.2) is 12.3 Å². The first-order chi connectivity index (χ1) is 3.27.